The lowest BCUT2D eigenvalue weighted by molar-refractivity contribution is 0.0717. The summed E-state index contributed by atoms with van der Waals surface area (Å²) in [7, 11) is -3.26. The highest BCUT2D eigenvalue weighted by Crippen LogP contribution is 2.23. The first-order valence-corrected chi connectivity index (χ1v) is 8.57. The summed E-state index contributed by atoms with van der Waals surface area (Å²) in [4.78, 5) is 13.6. The fourth-order valence-electron chi connectivity index (χ4n) is 1.85. The van der Waals surface area contributed by atoms with Crippen LogP contribution in [0.1, 0.15) is 17.5 Å². The molecule has 1 amide bonds. The van der Waals surface area contributed by atoms with E-state index in [1.54, 1.807) is 30.8 Å². The maximum atomic E-state index is 12.2. The van der Waals surface area contributed by atoms with E-state index in [4.69, 9.17) is 4.42 Å². The van der Waals surface area contributed by atoms with Crippen LogP contribution in [0, 0.1) is 0 Å². The largest absolute Gasteiger partial charge is 0.459 e. The van der Waals surface area contributed by atoms with Crippen molar-refractivity contribution in [2.45, 2.75) is 12.3 Å². The van der Waals surface area contributed by atoms with Crippen LogP contribution in [0.4, 0.5) is 0 Å². The third-order valence-corrected chi connectivity index (χ3v) is 6.18. The molecule has 18 heavy (non-hydrogen) atoms. The number of hydrogen-bond acceptors (Lipinski definition) is 5. The number of furan rings is 1. The Labute approximate surface area is 110 Å². The summed E-state index contributed by atoms with van der Waals surface area (Å²) in [5, 5.41) is -0.737. The smallest absolute Gasteiger partial charge is 0.290 e. The molecule has 1 aromatic rings. The second-order valence-electron chi connectivity index (χ2n) is 3.96. The highest BCUT2D eigenvalue weighted by atomic mass is 32.2. The van der Waals surface area contributed by atoms with Crippen LogP contribution < -0.4 is 0 Å². The molecule has 2 heterocycles. The van der Waals surface area contributed by atoms with Crippen LogP contribution in [0.15, 0.2) is 22.8 Å². The van der Waals surface area contributed by atoms with Crippen LogP contribution in [0.3, 0.4) is 0 Å². The van der Waals surface area contributed by atoms with Gasteiger partial charge in [-0.2, -0.15) is 11.8 Å². The van der Waals surface area contributed by atoms with Crippen molar-refractivity contribution in [3.05, 3.63) is 24.2 Å². The SMILES string of the molecule is CCS(=O)(=O)C1CSCCN1C(=O)c1ccco1. The molecule has 7 heteroatoms. The van der Waals surface area contributed by atoms with Gasteiger partial charge in [0.15, 0.2) is 15.6 Å². The molecule has 1 saturated heterocycles. The Hall–Kier alpha value is -0.950. The Balaban J connectivity index is 2.26. The van der Waals surface area contributed by atoms with Crippen molar-refractivity contribution < 1.29 is 17.6 Å². The first-order chi connectivity index (χ1) is 8.56. The monoisotopic (exact) mass is 289 g/mol. The molecule has 0 aromatic carbocycles. The van der Waals surface area contributed by atoms with Crippen LogP contribution in [-0.4, -0.2) is 48.4 Å². The van der Waals surface area contributed by atoms with Gasteiger partial charge in [0.2, 0.25) is 0 Å². The van der Waals surface area contributed by atoms with Crippen molar-refractivity contribution in [3.63, 3.8) is 0 Å². The third-order valence-electron chi connectivity index (χ3n) is 2.89. The normalized spacial score (nSPS) is 20.9. The van der Waals surface area contributed by atoms with Crippen molar-refractivity contribution in [2.24, 2.45) is 0 Å². The molecule has 1 aromatic heterocycles. The average Bonchev–Trinajstić information content (AvgIpc) is 2.92. The number of thioether (sulfide) groups is 1. The Morgan fingerprint density at radius 3 is 3.00 bits per heavy atom. The molecule has 0 radical (unpaired) electrons. The minimum Gasteiger partial charge on any atom is -0.459 e. The van der Waals surface area contributed by atoms with Crippen LogP contribution >= 0.6 is 11.8 Å². The van der Waals surface area contributed by atoms with E-state index >= 15 is 0 Å². The van der Waals surface area contributed by atoms with Gasteiger partial charge in [-0.05, 0) is 12.1 Å². The number of hydrogen-bond donors (Lipinski definition) is 0. The van der Waals surface area contributed by atoms with Gasteiger partial charge in [-0.15, -0.1) is 0 Å². The van der Waals surface area contributed by atoms with Gasteiger partial charge in [0.05, 0.1) is 6.26 Å². The average molecular weight is 289 g/mol. The molecule has 2 rings (SSSR count). The topological polar surface area (TPSA) is 67.6 Å². The van der Waals surface area contributed by atoms with Crippen molar-refractivity contribution in [1.29, 1.82) is 0 Å². The Bertz CT molecular complexity index is 509. The number of amides is 1. The summed E-state index contributed by atoms with van der Waals surface area (Å²) >= 11 is 1.56. The van der Waals surface area contributed by atoms with E-state index in [1.807, 2.05) is 0 Å². The van der Waals surface area contributed by atoms with E-state index in [9.17, 15) is 13.2 Å². The Kier molecular flexibility index (Phi) is 4.01. The molecule has 0 N–H and O–H groups in total. The number of nitrogens with zero attached hydrogens (tertiary/aromatic N) is 1. The number of rotatable bonds is 3. The predicted octanol–water partition coefficient (Wildman–Crippen LogP) is 1.23. The summed E-state index contributed by atoms with van der Waals surface area (Å²) in [6.45, 7) is 2.04. The van der Waals surface area contributed by atoms with Crippen LogP contribution in [0.25, 0.3) is 0 Å². The van der Waals surface area contributed by atoms with Gasteiger partial charge < -0.3 is 9.32 Å². The molecule has 1 unspecified atom stereocenters. The molecule has 1 aliphatic heterocycles. The van der Waals surface area contributed by atoms with E-state index in [1.165, 1.54) is 11.2 Å². The van der Waals surface area contributed by atoms with Crippen LogP contribution in [0.5, 0.6) is 0 Å². The minimum atomic E-state index is -3.26. The van der Waals surface area contributed by atoms with Gasteiger partial charge in [-0.1, -0.05) is 6.92 Å². The lowest BCUT2D eigenvalue weighted by Crippen LogP contribution is -2.50. The lowest BCUT2D eigenvalue weighted by Gasteiger charge is -2.34. The fraction of sp³-hybridized carbons (Fsp3) is 0.545. The standard InChI is InChI=1S/C11H15NO4S2/c1-2-18(14,15)10-8-17-7-5-12(10)11(13)9-4-3-6-16-9/h3-4,6,10H,2,5,7-8H2,1H3. The number of carbonyl (C=O) groups excluding carboxylic acids is 1. The molecule has 5 nitrogen and oxygen atoms in total. The van der Waals surface area contributed by atoms with E-state index in [2.05, 4.69) is 0 Å². The van der Waals surface area contributed by atoms with Gasteiger partial charge in [0, 0.05) is 23.8 Å². The number of sulfone groups is 1. The quantitative estimate of drug-likeness (QED) is 0.837. The third kappa shape index (κ3) is 2.56. The Morgan fingerprint density at radius 1 is 1.61 bits per heavy atom. The van der Waals surface area contributed by atoms with Gasteiger partial charge in [0.25, 0.3) is 5.91 Å². The molecule has 0 saturated carbocycles. The second-order valence-corrected chi connectivity index (χ2v) is 7.55. The number of carbonyl (C=O) groups is 1. The van der Waals surface area contributed by atoms with Gasteiger partial charge in [0.1, 0.15) is 5.37 Å². The lowest BCUT2D eigenvalue weighted by atomic mass is 10.3. The second kappa shape index (κ2) is 5.36. The minimum absolute atomic E-state index is 0.0418. The zero-order valence-electron chi connectivity index (χ0n) is 10.0. The molecule has 1 aliphatic rings. The molecule has 0 spiro atoms. The zero-order chi connectivity index (χ0) is 13.2. The highest BCUT2D eigenvalue weighted by Gasteiger charge is 2.36. The first-order valence-electron chi connectivity index (χ1n) is 5.70. The van der Waals surface area contributed by atoms with Crippen LogP contribution in [-0.2, 0) is 9.84 Å². The molecular weight excluding hydrogens is 274 g/mol. The maximum absolute atomic E-state index is 12.2. The molecule has 100 valence electrons. The van der Waals surface area contributed by atoms with Crippen molar-refractivity contribution in [1.82, 2.24) is 4.90 Å². The first kappa shape index (κ1) is 13.5. The summed E-state index contributed by atoms with van der Waals surface area (Å²) < 4.78 is 29.1. The summed E-state index contributed by atoms with van der Waals surface area (Å²) in [5.74, 6) is 1.07. The van der Waals surface area contributed by atoms with E-state index in [0.717, 1.165) is 5.75 Å². The highest BCUT2D eigenvalue weighted by molar-refractivity contribution is 8.01. The van der Waals surface area contributed by atoms with Gasteiger partial charge in [-0.25, -0.2) is 8.42 Å². The molecule has 1 fully saturated rings. The van der Waals surface area contributed by atoms with Crippen LogP contribution in [0.2, 0.25) is 0 Å². The molecular formula is C11H15NO4S2. The van der Waals surface area contributed by atoms with Gasteiger partial charge in [-0.3, -0.25) is 4.79 Å². The zero-order valence-corrected chi connectivity index (χ0v) is 11.7. The fourth-order valence-corrected chi connectivity index (χ4v) is 4.81. The summed E-state index contributed by atoms with van der Waals surface area (Å²) in [5.41, 5.74) is 0. The predicted molar refractivity (Wildman–Crippen MR) is 70.3 cm³/mol. The Morgan fingerprint density at radius 2 is 2.39 bits per heavy atom. The molecule has 1 atom stereocenters. The summed E-state index contributed by atoms with van der Waals surface area (Å²) in [6, 6.07) is 3.18. The van der Waals surface area contributed by atoms with E-state index in [-0.39, 0.29) is 17.4 Å². The van der Waals surface area contributed by atoms with E-state index < -0.39 is 15.2 Å². The summed E-state index contributed by atoms with van der Waals surface area (Å²) in [6.07, 6.45) is 1.41. The van der Waals surface area contributed by atoms with Gasteiger partial charge >= 0.3 is 0 Å². The van der Waals surface area contributed by atoms with E-state index in [0.29, 0.717) is 12.3 Å². The van der Waals surface area contributed by atoms with Crippen molar-refractivity contribution in [2.75, 3.05) is 23.8 Å². The maximum Gasteiger partial charge on any atom is 0.290 e. The van der Waals surface area contributed by atoms with Crippen molar-refractivity contribution >= 4 is 27.5 Å². The molecule has 0 bridgehead atoms. The van der Waals surface area contributed by atoms with Crippen molar-refractivity contribution in [3.8, 4) is 0 Å². The molecule has 0 aliphatic carbocycles.